The summed E-state index contributed by atoms with van der Waals surface area (Å²) < 4.78 is 0. The second-order valence-electron chi connectivity index (χ2n) is 4.99. The van der Waals surface area contributed by atoms with E-state index in [0.717, 1.165) is 26.2 Å². The molecule has 108 valence electrons. The summed E-state index contributed by atoms with van der Waals surface area (Å²) in [5, 5.41) is 3.44. The molecule has 2 rings (SSSR count). The van der Waals surface area contributed by atoms with Crippen molar-refractivity contribution in [3.63, 3.8) is 0 Å². The zero-order chi connectivity index (χ0) is 14.5. The second-order valence-corrected chi connectivity index (χ2v) is 5.43. The van der Waals surface area contributed by atoms with Crippen molar-refractivity contribution in [2.75, 3.05) is 38.0 Å². The molecule has 2 amide bonds. The summed E-state index contributed by atoms with van der Waals surface area (Å²) >= 11 is 5.87. The summed E-state index contributed by atoms with van der Waals surface area (Å²) in [6.07, 6.45) is 0. The molecule has 5 nitrogen and oxygen atoms in total. The number of carbonyl (C=O) groups excluding carboxylic acids is 2. The van der Waals surface area contributed by atoms with E-state index >= 15 is 0 Å². The van der Waals surface area contributed by atoms with Gasteiger partial charge in [-0.1, -0.05) is 17.7 Å². The van der Waals surface area contributed by atoms with Gasteiger partial charge in [0.2, 0.25) is 5.91 Å². The Hall–Kier alpha value is -1.59. The minimum atomic E-state index is -0.0291. The normalized spacial score (nSPS) is 16.0. The van der Waals surface area contributed by atoms with Crippen molar-refractivity contribution in [1.29, 1.82) is 0 Å². The van der Waals surface area contributed by atoms with E-state index in [9.17, 15) is 9.59 Å². The number of anilines is 1. The average molecular weight is 297 g/mol. The monoisotopic (exact) mass is 296 g/mol. The molecule has 1 aliphatic rings. The summed E-state index contributed by atoms with van der Waals surface area (Å²) in [4.78, 5) is 26.2. The van der Waals surface area contributed by atoms with Crippen molar-refractivity contribution in [2.24, 2.45) is 0 Å². The van der Waals surface area contributed by atoms with Gasteiger partial charge in [0.05, 0.1) is 26.2 Å². The highest BCUT2D eigenvalue weighted by Crippen LogP contribution is 2.14. The minimum Gasteiger partial charge on any atom is -0.332 e. The molecule has 0 saturated carbocycles. The first-order valence-corrected chi connectivity index (χ1v) is 7.07. The van der Waals surface area contributed by atoms with Crippen LogP contribution in [-0.4, -0.2) is 49.4 Å². The number of piperazine rings is 1. The first-order valence-electron chi connectivity index (χ1n) is 6.69. The molecule has 0 bridgehead atoms. The Labute approximate surface area is 123 Å². The SMILES string of the molecule is CC(=O)N1CC[NH+](CC(=O)Nc2cccc(Cl)c2)CC1. The second kappa shape index (κ2) is 6.72. The number of hydrogen-bond acceptors (Lipinski definition) is 2. The van der Waals surface area contributed by atoms with Crippen LogP contribution < -0.4 is 10.2 Å². The van der Waals surface area contributed by atoms with E-state index in [2.05, 4.69) is 5.32 Å². The minimum absolute atomic E-state index is 0.0291. The molecule has 0 radical (unpaired) electrons. The van der Waals surface area contributed by atoms with E-state index in [-0.39, 0.29) is 11.8 Å². The standard InChI is InChI=1S/C14H18ClN3O2/c1-11(19)18-7-5-17(6-8-18)10-14(20)16-13-4-2-3-12(15)9-13/h2-4,9H,5-8,10H2,1H3,(H,16,20)/p+1. The van der Waals surface area contributed by atoms with Crippen LogP contribution in [0.25, 0.3) is 0 Å². The van der Waals surface area contributed by atoms with E-state index in [0.29, 0.717) is 17.3 Å². The number of quaternary nitrogens is 1. The van der Waals surface area contributed by atoms with Gasteiger partial charge >= 0.3 is 0 Å². The fourth-order valence-corrected chi connectivity index (χ4v) is 2.50. The number of nitrogens with one attached hydrogen (secondary N) is 2. The van der Waals surface area contributed by atoms with Crippen LogP contribution in [0.2, 0.25) is 5.02 Å². The molecule has 6 heteroatoms. The predicted molar refractivity (Wildman–Crippen MR) is 77.9 cm³/mol. The summed E-state index contributed by atoms with van der Waals surface area (Å²) in [6.45, 7) is 5.05. The molecule has 0 spiro atoms. The molecule has 0 aliphatic carbocycles. The molecule has 1 saturated heterocycles. The lowest BCUT2D eigenvalue weighted by molar-refractivity contribution is -0.895. The van der Waals surface area contributed by atoms with Crippen LogP contribution in [0.5, 0.6) is 0 Å². The van der Waals surface area contributed by atoms with Gasteiger partial charge in [0, 0.05) is 17.6 Å². The number of nitrogens with zero attached hydrogens (tertiary/aromatic N) is 1. The van der Waals surface area contributed by atoms with Gasteiger partial charge in [-0.25, -0.2) is 0 Å². The van der Waals surface area contributed by atoms with Crippen molar-refractivity contribution < 1.29 is 14.5 Å². The molecular weight excluding hydrogens is 278 g/mol. The van der Waals surface area contributed by atoms with Crippen molar-refractivity contribution in [3.05, 3.63) is 29.3 Å². The topological polar surface area (TPSA) is 53.9 Å². The molecule has 1 heterocycles. The van der Waals surface area contributed by atoms with Crippen LogP contribution in [0, 0.1) is 0 Å². The fourth-order valence-electron chi connectivity index (χ4n) is 2.31. The van der Waals surface area contributed by atoms with Gasteiger partial charge in [0.25, 0.3) is 5.91 Å². The highest BCUT2D eigenvalue weighted by Gasteiger charge is 2.23. The quantitative estimate of drug-likeness (QED) is 0.827. The van der Waals surface area contributed by atoms with Gasteiger partial charge < -0.3 is 15.1 Å². The van der Waals surface area contributed by atoms with Crippen molar-refractivity contribution >= 4 is 29.1 Å². The summed E-state index contributed by atoms with van der Waals surface area (Å²) in [7, 11) is 0. The number of amides is 2. The molecule has 1 aromatic rings. The number of rotatable bonds is 3. The van der Waals surface area contributed by atoms with Crippen LogP contribution >= 0.6 is 11.6 Å². The lowest BCUT2D eigenvalue weighted by Crippen LogP contribution is -3.15. The molecular formula is C14H19ClN3O2+. The molecule has 1 fully saturated rings. The zero-order valence-corrected chi connectivity index (χ0v) is 12.2. The maximum atomic E-state index is 12.0. The fraction of sp³-hybridized carbons (Fsp3) is 0.429. The number of carbonyl (C=O) groups is 2. The maximum absolute atomic E-state index is 12.0. The van der Waals surface area contributed by atoms with Crippen LogP contribution in [0.3, 0.4) is 0 Å². The van der Waals surface area contributed by atoms with E-state index in [1.807, 2.05) is 11.0 Å². The first kappa shape index (κ1) is 14.8. The van der Waals surface area contributed by atoms with Gasteiger partial charge in [-0.2, -0.15) is 0 Å². The Morgan fingerprint density at radius 2 is 2.05 bits per heavy atom. The summed E-state index contributed by atoms with van der Waals surface area (Å²) in [5.74, 6) is 0.0750. The van der Waals surface area contributed by atoms with Gasteiger partial charge in [0.1, 0.15) is 0 Å². The Balaban J connectivity index is 1.80. The van der Waals surface area contributed by atoms with Gasteiger partial charge in [-0.05, 0) is 18.2 Å². The molecule has 0 atom stereocenters. The van der Waals surface area contributed by atoms with E-state index < -0.39 is 0 Å². The Morgan fingerprint density at radius 3 is 2.65 bits per heavy atom. The number of benzene rings is 1. The average Bonchev–Trinajstić information content (AvgIpc) is 2.39. The number of halogens is 1. The molecule has 0 unspecified atom stereocenters. The third-order valence-corrected chi connectivity index (χ3v) is 3.67. The van der Waals surface area contributed by atoms with Gasteiger partial charge in [-0.15, -0.1) is 0 Å². The van der Waals surface area contributed by atoms with Crippen LogP contribution in [0.4, 0.5) is 5.69 Å². The van der Waals surface area contributed by atoms with Crippen LogP contribution in [-0.2, 0) is 9.59 Å². The van der Waals surface area contributed by atoms with E-state index in [1.54, 1.807) is 25.1 Å². The molecule has 1 aromatic carbocycles. The largest absolute Gasteiger partial charge is 0.332 e. The predicted octanol–water partition coefficient (Wildman–Crippen LogP) is 0.0255. The van der Waals surface area contributed by atoms with Crippen LogP contribution in [0.1, 0.15) is 6.92 Å². The van der Waals surface area contributed by atoms with Crippen molar-refractivity contribution in [3.8, 4) is 0 Å². The van der Waals surface area contributed by atoms with E-state index in [4.69, 9.17) is 11.6 Å². The van der Waals surface area contributed by atoms with Crippen molar-refractivity contribution in [2.45, 2.75) is 6.92 Å². The molecule has 20 heavy (non-hydrogen) atoms. The smallest absolute Gasteiger partial charge is 0.279 e. The van der Waals surface area contributed by atoms with Crippen LogP contribution in [0.15, 0.2) is 24.3 Å². The Bertz CT molecular complexity index is 499. The lowest BCUT2D eigenvalue weighted by atomic mass is 10.3. The molecule has 2 N–H and O–H groups in total. The summed E-state index contributed by atoms with van der Waals surface area (Å²) in [5.41, 5.74) is 0.712. The molecule has 0 aromatic heterocycles. The highest BCUT2D eigenvalue weighted by molar-refractivity contribution is 6.30. The maximum Gasteiger partial charge on any atom is 0.279 e. The lowest BCUT2D eigenvalue weighted by Gasteiger charge is -2.31. The zero-order valence-electron chi connectivity index (χ0n) is 11.5. The first-order chi connectivity index (χ1) is 9.54. The third-order valence-electron chi connectivity index (χ3n) is 3.43. The van der Waals surface area contributed by atoms with Crippen molar-refractivity contribution in [1.82, 2.24) is 4.90 Å². The van der Waals surface area contributed by atoms with Gasteiger partial charge in [0.15, 0.2) is 6.54 Å². The van der Waals surface area contributed by atoms with Gasteiger partial charge in [-0.3, -0.25) is 9.59 Å². The number of hydrogen-bond donors (Lipinski definition) is 2. The summed E-state index contributed by atoms with van der Waals surface area (Å²) in [6, 6.07) is 7.11. The Morgan fingerprint density at radius 1 is 1.35 bits per heavy atom. The Kier molecular flexibility index (Phi) is 4.98. The van der Waals surface area contributed by atoms with E-state index in [1.165, 1.54) is 4.90 Å². The molecule has 1 aliphatic heterocycles. The highest BCUT2D eigenvalue weighted by atomic mass is 35.5. The third kappa shape index (κ3) is 4.21.